The maximum atomic E-state index is 11.9. The number of amides is 1. The van der Waals surface area contributed by atoms with Gasteiger partial charge in [0.25, 0.3) is 0 Å². The van der Waals surface area contributed by atoms with E-state index in [9.17, 15) is 13.6 Å². The summed E-state index contributed by atoms with van der Waals surface area (Å²) >= 11 is 0. The molecule has 1 aliphatic heterocycles. The van der Waals surface area contributed by atoms with E-state index in [1.807, 2.05) is 0 Å². The summed E-state index contributed by atoms with van der Waals surface area (Å²) in [6.45, 7) is 2.91. The number of rotatable bonds is 3. The topological polar surface area (TPSA) is 38.8 Å². The average molecular weight is 251 g/mol. The fourth-order valence-electron chi connectivity index (χ4n) is 1.75. The van der Waals surface area contributed by atoms with Gasteiger partial charge in [0.2, 0.25) is 0 Å². The minimum atomic E-state index is -2.80. The number of carbonyl (C=O) groups is 1. The van der Waals surface area contributed by atoms with Gasteiger partial charge >= 0.3 is 12.7 Å². The number of carbonyl (C=O) groups excluding carboxylic acids is 1. The van der Waals surface area contributed by atoms with Crippen LogP contribution in [0.5, 0.6) is 0 Å². The SMILES string of the molecule is CC(C)(C)OC(=O)N1CCC[C@H]1COC(F)F. The third-order valence-electron chi connectivity index (χ3n) is 2.42. The maximum Gasteiger partial charge on any atom is 0.410 e. The summed E-state index contributed by atoms with van der Waals surface area (Å²) in [4.78, 5) is 13.2. The van der Waals surface area contributed by atoms with Gasteiger partial charge in [0.15, 0.2) is 0 Å². The number of hydrogen-bond acceptors (Lipinski definition) is 3. The van der Waals surface area contributed by atoms with Crippen molar-refractivity contribution in [2.24, 2.45) is 0 Å². The van der Waals surface area contributed by atoms with Crippen LogP contribution in [0, 0.1) is 0 Å². The first kappa shape index (κ1) is 14.2. The number of nitrogens with zero attached hydrogens (tertiary/aromatic N) is 1. The molecule has 0 aromatic heterocycles. The van der Waals surface area contributed by atoms with Gasteiger partial charge in [-0.1, -0.05) is 0 Å². The molecule has 0 aromatic carbocycles. The first-order valence-electron chi connectivity index (χ1n) is 5.69. The molecule has 1 atom stereocenters. The average Bonchev–Trinajstić information content (AvgIpc) is 2.59. The minimum Gasteiger partial charge on any atom is -0.444 e. The standard InChI is InChI=1S/C11H19F2NO3/c1-11(2,3)17-10(15)14-6-4-5-8(14)7-16-9(12)13/h8-9H,4-7H2,1-3H3/t8-/m0/s1. The van der Waals surface area contributed by atoms with Gasteiger partial charge in [0, 0.05) is 6.54 Å². The second kappa shape index (κ2) is 5.62. The summed E-state index contributed by atoms with van der Waals surface area (Å²) in [6, 6.07) is -0.307. The lowest BCUT2D eigenvalue weighted by Gasteiger charge is -2.28. The molecule has 1 fully saturated rings. The highest BCUT2D eigenvalue weighted by Crippen LogP contribution is 2.21. The molecule has 100 valence electrons. The molecule has 0 unspecified atom stereocenters. The largest absolute Gasteiger partial charge is 0.444 e. The van der Waals surface area contributed by atoms with Gasteiger partial charge in [-0.3, -0.25) is 0 Å². The summed E-state index contributed by atoms with van der Waals surface area (Å²) in [5, 5.41) is 0. The van der Waals surface area contributed by atoms with Crippen LogP contribution in [0.3, 0.4) is 0 Å². The number of halogens is 2. The Morgan fingerprint density at radius 3 is 2.65 bits per heavy atom. The van der Waals surface area contributed by atoms with Gasteiger partial charge in [-0.25, -0.2) is 4.79 Å². The van der Waals surface area contributed by atoms with Crippen LogP contribution in [0.4, 0.5) is 13.6 Å². The highest BCUT2D eigenvalue weighted by Gasteiger charge is 2.32. The van der Waals surface area contributed by atoms with Crippen molar-refractivity contribution in [3.8, 4) is 0 Å². The third kappa shape index (κ3) is 4.85. The van der Waals surface area contributed by atoms with Crippen molar-refractivity contribution in [2.45, 2.75) is 51.9 Å². The zero-order valence-corrected chi connectivity index (χ0v) is 10.4. The van der Waals surface area contributed by atoms with E-state index < -0.39 is 18.3 Å². The van der Waals surface area contributed by atoms with E-state index in [2.05, 4.69) is 4.74 Å². The van der Waals surface area contributed by atoms with Crippen LogP contribution >= 0.6 is 0 Å². The minimum absolute atomic E-state index is 0.142. The Hall–Kier alpha value is -0.910. The Bertz CT molecular complexity index is 266. The zero-order valence-electron chi connectivity index (χ0n) is 10.4. The summed E-state index contributed by atoms with van der Waals surface area (Å²) in [5.41, 5.74) is -0.576. The van der Waals surface area contributed by atoms with Crippen molar-refractivity contribution in [3.05, 3.63) is 0 Å². The van der Waals surface area contributed by atoms with Crippen LogP contribution in [0.1, 0.15) is 33.6 Å². The molecule has 0 bridgehead atoms. The number of alkyl halides is 2. The van der Waals surface area contributed by atoms with E-state index in [1.54, 1.807) is 20.8 Å². The van der Waals surface area contributed by atoms with Crippen molar-refractivity contribution in [2.75, 3.05) is 13.2 Å². The molecule has 0 spiro atoms. The van der Waals surface area contributed by atoms with Gasteiger partial charge in [-0.05, 0) is 33.6 Å². The number of likely N-dealkylation sites (tertiary alicyclic amines) is 1. The highest BCUT2D eigenvalue weighted by molar-refractivity contribution is 5.68. The van der Waals surface area contributed by atoms with Crippen molar-refractivity contribution in [1.29, 1.82) is 0 Å². The van der Waals surface area contributed by atoms with E-state index in [4.69, 9.17) is 4.74 Å². The predicted octanol–water partition coefficient (Wildman–Crippen LogP) is 2.63. The quantitative estimate of drug-likeness (QED) is 0.774. The van der Waals surface area contributed by atoms with Crippen LogP contribution in [0.15, 0.2) is 0 Å². The molecule has 4 nitrogen and oxygen atoms in total. The monoisotopic (exact) mass is 251 g/mol. The van der Waals surface area contributed by atoms with Crippen molar-refractivity contribution in [1.82, 2.24) is 4.90 Å². The van der Waals surface area contributed by atoms with E-state index in [1.165, 1.54) is 4.90 Å². The Labute approximate surface area is 99.9 Å². The molecule has 1 rings (SSSR count). The summed E-state index contributed by atoms with van der Waals surface area (Å²) < 4.78 is 33.3. The van der Waals surface area contributed by atoms with E-state index in [-0.39, 0.29) is 12.6 Å². The van der Waals surface area contributed by atoms with Gasteiger partial charge in [0.1, 0.15) is 5.60 Å². The van der Waals surface area contributed by atoms with Crippen molar-refractivity contribution >= 4 is 6.09 Å². The molecule has 0 aromatic rings. The van der Waals surface area contributed by atoms with Crippen LogP contribution in [0.25, 0.3) is 0 Å². The maximum absolute atomic E-state index is 11.9. The summed E-state index contributed by atoms with van der Waals surface area (Å²) in [7, 11) is 0. The second-order valence-electron chi connectivity index (χ2n) is 5.06. The molecule has 0 radical (unpaired) electrons. The summed E-state index contributed by atoms with van der Waals surface area (Å²) in [5.74, 6) is 0. The molecule has 1 saturated heterocycles. The lowest BCUT2D eigenvalue weighted by molar-refractivity contribution is -0.138. The Kier molecular flexibility index (Phi) is 4.68. The van der Waals surface area contributed by atoms with Crippen LogP contribution in [-0.4, -0.2) is 42.4 Å². The van der Waals surface area contributed by atoms with Crippen LogP contribution in [-0.2, 0) is 9.47 Å². The zero-order chi connectivity index (χ0) is 13.1. The Balaban J connectivity index is 2.48. The Morgan fingerprint density at radius 2 is 2.12 bits per heavy atom. The summed E-state index contributed by atoms with van der Waals surface area (Å²) in [6.07, 6.45) is 1.00. The second-order valence-corrected chi connectivity index (χ2v) is 5.06. The molecule has 1 aliphatic rings. The molecular weight excluding hydrogens is 232 g/mol. The molecule has 6 heteroatoms. The van der Waals surface area contributed by atoms with Gasteiger partial charge in [-0.2, -0.15) is 8.78 Å². The molecule has 0 saturated carbocycles. The van der Waals surface area contributed by atoms with E-state index in [0.717, 1.165) is 6.42 Å². The normalized spacial score (nSPS) is 21.1. The van der Waals surface area contributed by atoms with Gasteiger partial charge in [0.05, 0.1) is 12.6 Å². The Morgan fingerprint density at radius 1 is 1.47 bits per heavy atom. The number of hydrogen-bond donors (Lipinski definition) is 0. The molecular formula is C11H19F2NO3. The molecule has 1 heterocycles. The fourth-order valence-corrected chi connectivity index (χ4v) is 1.75. The smallest absolute Gasteiger partial charge is 0.410 e. The fraction of sp³-hybridized carbons (Fsp3) is 0.909. The first-order valence-corrected chi connectivity index (χ1v) is 5.69. The van der Waals surface area contributed by atoms with Crippen LogP contribution in [0.2, 0.25) is 0 Å². The molecule has 1 amide bonds. The molecule has 17 heavy (non-hydrogen) atoms. The lowest BCUT2D eigenvalue weighted by Crippen LogP contribution is -2.41. The third-order valence-corrected chi connectivity index (χ3v) is 2.42. The number of ether oxygens (including phenoxy) is 2. The lowest BCUT2D eigenvalue weighted by atomic mass is 10.2. The van der Waals surface area contributed by atoms with E-state index in [0.29, 0.717) is 13.0 Å². The first-order chi connectivity index (χ1) is 7.79. The molecule has 0 N–H and O–H groups in total. The van der Waals surface area contributed by atoms with Crippen molar-refractivity contribution in [3.63, 3.8) is 0 Å². The highest BCUT2D eigenvalue weighted by atomic mass is 19.3. The van der Waals surface area contributed by atoms with Gasteiger partial charge < -0.3 is 14.4 Å². The van der Waals surface area contributed by atoms with Crippen molar-refractivity contribution < 1.29 is 23.0 Å². The van der Waals surface area contributed by atoms with E-state index >= 15 is 0 Å². The van der Waals surface area contributed by atoms with Crippen LogP contribution < -0.4 is 0 Å². The molecule has 0 aliphatic carbocycles. The van der Waals surface area contributed by atoms with Gasteiger partial charge in [-0.15, -0.1) is 0 Å². The predicted molar refractivity (Wildman–Crippen MR) is 57.9 cm³/mol.